The number of esters is 1. The molecule has 0 radical (unpaired) electrons. The Morgan fingerprint density at radius 3 is 2.91 bits per heavy atom. The van der Waals surface area contributed by atoms with Gasteiger partial charge in [-0.05, 0) is 19.1 Å². The number of thiophene rings is 1. The number of ether oxygens (including phenoxy) is 1. The molecule has 0 bridgehead atoms. The summed E-state index contributed by atoms with van der Waals surface area (Å²) in [6.45, 7) is 2.03. The second-order valence-electron chi connectivity index (χ2n) is 1.82. The van der Waals surface area contributed by atoms with Crippen LogP contribution in [0.5, 0.6) is 0 Å². The second kappa shape index (κ2) is 3.48. The van der Waals surface area contributed by atoms with Gasteiger partial charge >= 0.3 is 5.97 Å². The highest BCUT2D eigenvalue weighted by Gasteiger charge is 2.08. The molecule has 0 unspecified atom stereocenters. The van der Waals surface area contributed by atoms with Crippen molar-refractivity contribution in [3.05, 3.63) is 22.1 Å². The van der Waals surface area contributed by atoms with Gasteiger partial charge in [0.05, 0.1) is 6.61 Å². The lowest BCUT2D eigenvalue weighted by molar-refractivity contribution is 0.0532. The minimum Gasteiger partial charge on any atom is -0.462 e. The van der Waals surface area contributed by atoms with Crippen molar-refractivity contribution in [2.75, 3.05) is 6.61 Å². The summed E-state index contributed by atoms with van der Waals surface area (Å²) < 4.78 is 17.0. The van der Waals surface area contributed by atoms with Crippen molar-refractivity contribution in [2.24, 2.45) is 0 Å². The van der Waals surface area contributed by atoms with E-state index in [9.17, 15) is 9.18 Å². The molecule has 0 saturated heterocycles. The number of halogens is 1. The van der Waals surface area contributed by atoms with Crippen LogP contribution in [-0.4, -0.2) is 12.6 Å². The molecule has 0 aromatic carbocycles. The van der Waals surface area contributed by atoms with Crippen molar-refractivity contribution in [2.45, 2.75) is 6.92 Å². The lowest BCUT2D eigenvalue weighted by Crippen LogP contribution is -2.01. The van der Waals surface area contributed by atoms with Crippen molar-refractivity contribution in [3.63, 3.8) is 0 Å². The fraction of sp³-hybridized carbons (Fsp3) is 0.286. The Balaban J connectivity index is 2.69. The van der Waals surface area contributed by atoms with Crippen LogP contribution in [-0.2, 0) is 4.74 Å². The topological polar surface area (TPSA) is 26.3 Å². The van der Waals surface area contributed by atoms with Crippen LogP contribution in [0.3, 0.4) is 0 Å². The van der Waals surface area contributed by atoms with Gasteiger partial charge in [-0.1, -0.05) is 11.3 Å². The van der Waals surface area contributed by atoms with Crippen LogP contribution in [0, 0.1) is 5.13 Å². The Labute approximate surface area is 67.6 Å². The van der Waals surface area contributed by atoms with E-state index in [1.807, 2.05) is 0 Å². The molecule has 1 heterocycles. The van der Waals surface area contributed by atoms with E-state index in [4.69, 9.17) is 0 Å². The highest BCUT2D eigenvalue weighted by atomic mass is 32.1. The predicted molar refractivity (Wildman–Crippen MR) is 40.2 cm³/mol. The maximum absolute atomic E-state index is 12.3. The minimum absolute atomic E-state index is 0.310. The van der Waals surface area contributed by atoms with E-state index >= 15 is 0 Å². The van der Waals surface area contributed by atoms with E-state index < -0.39 is 5.97 Å². The van der Waals surface area contributed by atoms with Gasteiger partial charge in [-0.3, -0.25) is 0 Å². The molecule has 2 nitrogen and oxygen atoms in total. The molecule has 0 aliphatic carbocycles. The normalized spacial score (nSPS) is 9.64. The molecule has 0 aliphatic rings. The molecule has 0 fully saturated rings. The molecule has 0 atom stereocenters. The summed E-state index contributed by atoms with van der Waals surface area (Å²) in [6, 6.07) is 2.66. The first-order valence-corrected chi connectivity index (χ1v) is 3.98. The summed E-state index contributed by atoms with van der Waals surface area (Å²) in [6.07, 6.45) is 0. The molecule has 0 saturated carbocycles. The number of carbonyl (C=O) groups is 1. The van der Waals surface area contributed by atoms with Gasteiger partial charge in [0.15, 0.2) is 5.13 Å². The molecule has 1 rings (SSSR count). The molecular formula is C7H7FO2S. The Morgan fingerprint density at radius 1 is 1.73 bits per heavy atom. The van der Waals surface area contributed by atoms with Crippen LogP contribution >= 0.6 is 11.3 Å². The molecule has 0 amide bonds. The van der Waals surface area contributed by atoms with Crippen molar-refractivity contribution in [3.8, 4) is 0 Å². The quantitative estimate of drug-likeness (QED) is 0.641. The van der Waals surface area contributed by atoms with E-state index in [1.165, 1.54) is 12.1 Å². The maximum Gasteiger partial charge on any atom is 0.348 e. The van der Waals surface area contributed by atoms with Gasteiger partial charge in [0.1, 0.15) is 4.88 Å². The zero-order valence-electron chi connectivity index (χ0n) is 5.96. The van der Waals surface area contributed by atoms with Crippen LogP contribution in [0.25, 0.3) is 0 Å². The Bertz CT molecular complexity index is 257. The summed E-state index contributed by atoms with van der Waals surface area (Å²) in [7, 11) is 0. The Kier molecular flexibility index (Phi) is 2.59. The molecule has 1 aromatic rings. The lowest BCUT2D eigenvalue weighted by atomic mass is 10.5. The largest absolute Gasteiger partial charge is 0.462 e. The molecule has 0 spiro atoms. The lowest BCUT2D eigenvalue weighted by Gasteiger charge is -1.95. The van der Waals surface area contributed by atoms with E-state index in [0.717, 1.165) is 11.3 Å². The van der Waals surface area contributed by atoms with Crippen molar-refractivity contribution in [1.29, 1.82) is 0 Å². The van der Waals surface area contributed by atoms with Crippen LogP contribution < -0.4 is 0 Å². The van der Waals surface area contributed by atoms with Crippen LogP contribution in [0.15, 0.2) is 12.1 Å². The highest BCUT2D eigenvalue weighted by molar-refractivity contribution is 7.12. The van der Waals surface area contributed by atoms with Crippen molar-refractivity contribution < 1.29 is 13.9 Å². The summed E-state index contributed by atoms with van der Waals surface area (Å²) >= 11 is 0.795. The molecule has 11 heavy (non-hydrogen) atoms. The van der Waals surface area contributed by atoms with Gasteiger partial charge in [-0.2, -0.15) is 4.39 Å². The van der Waals surface area contributed by atoms with Gasteiger partial charge in [-0.25, -0.2) is 4.79 Å². The van der Waals surface area contributed by atoms with E-state index in [2.05, 4.69) is 4.74 Å². The van der Waals surface area contributed by atoms with Crippen LogP contribution in [0.1, 0.15) is 16.6 Å². The standard InChI is InChI=1S/C7H7FO2S/c1-2-10-7(9)5-3-4-6(8)11-5/h3-4H,2H2,1H3. The van der Waals surface area contributed by atoms with Crippen molar-refractivity contribution in [1.82, 2.24) is 0 Å². The zero-order chi connectivity index (χ0) is 8.27. The predicted octanol–water partition coefficient (Wildman–Crippen LogP) is 2.06. The third-order valence-electron chi connectivity index (χ3n) is 1.05. The number of rotatable bonds is 2. The van der Waals surface area contributed by atoms with E-state index in [-0.39, 0.29) is 5.13 Å². The molecule has 1 aromatic heterocycles. The number of hydrogen-bond acceptors (Lipinski definition) is 3. The summed E-state index contributed by atoms with van der Waals surface area (Å²) in [5.74, 6) is -0.457. The molecule has 4 heteroatoms. The van der Waals surface area contributed by atoms with E-state index in [1.54, 1.807) is 6.92 Å². The third kappa shape index (κ3) is 2.01. The number of hydrogen-bond donors (Lipinski definition) is 0. The summed E-state index contributed by atoms with van der Waals surface area (Å²) in [5.41, 5.74) is 0. The fourth-order valence-electron chi connectivity index (χ4n) is 0.626. The first-order chi connectivity index (χ1) is 5.24. The monoisotopic (exact) mass is 174 g/mol. The highest BCUT2D eigenvalue weighted by Crippen LogP contribution is 2.14. The van der Waals surface area contributed by atoms with Crippen LogP contribution in [0.4, 0.5) is 4.39 Å². The fourth-order valence-corrected chi connectivity index (χ4v) is 1.25. The third-order valence-corrected chi connectivity index (χ3v) is 1.90. The van der Waals surface area contributed by atoms with E-state index in [0.29, 0.717) is 11.5 Å². The van der Waals surface area contributed by atoms with Gasteiger partial charge < -0.3 is 4.74 Å². The first-order valence-electron chi connectivity index (χ1n) is 3.16. The first kappa shape index (κ1) is 8.20. The van der Waals surface area contributed by atoms with Crippen molar-refractivity contribution >= 4 is 17.3 Å². The minimum atomic E-state index is -0.457. The second-order valence-corrected chi connectivity index (χ2v) is 2.86. The van der Waals surface area contributed by atoms with Gasteiger partial charge in [0.25, 0.3) is 0 Å². The molecule has 0 N–H and O–H groups in total. The average Bonchev–Trinajstić information content (AvgIpc) is 2.36. The summed E-state index contributed by atoms with van der Waals surface area (Å²) in [4.78, 5) is 11.2. The molecule has 60 valence electrons. The smallest absolute Gasteiger partial charge is 0.348 e. The van der Waals surface area contributed by atoms with Gasteiger partial charge in [0, 0.05) is 0 Å². The molecular weight excluding hydrogens is 167 g/mol. The zero-order valence-corrected chi connectivity index (χ0v) is 6.78. The van der Waals surface area contributed by atoms with Gasteiger partial charge in [0.2, 0.25) is 0 Å². The average molecular weight is 174 g/mol. The Hall–Kier alpha value is -0.900. The number of carbonyl (C=O) groups excluding carboxylic acids is 1. The maximum atomic E-state index is 12.3. The summed E-state index contributed by atoms with van der Waals surface area (Å²) in [5, 5.41) is -0.368. The SMILES string of the molecule is CCOC(=O)c1ccc(F)s1. The Morgan fingerprint density at radius 2 is 2.45 bits per heavy atom. The van der Waals surface area contributed by atoms with Gasteiger partial charge in [-0.15, -0.1) is 0 Å². The molecule has 0 aliphatic heterocycles. The van der Waals surface area contributed by atoms with Crippen LogP contribution in [0.2, 0.25) is 0 Å².